The van der Waals surface area contributed by atoms with Gasteiger partial charge in [0.25, 0.3) is 0 Å². The van der Waals surface area contributed by atoms with E-state index >= 15 is 0 Å². The Balaban J connectivity index is 1.90. The van der Waals surface area contributed by atoms with Gasteiger partial charge in [0.1, 0.15) is 0 Å². The summed E-state index contributed by atoms with van der Waals surface area (Å²) >= 11 is 0. The van der Waals surface area contributed by atoms with Crippen LogP contribution < -0.4 is 10.2 Å². The lowest BCUT2D eigenvalue weighted by Crippen LogP contribution is -2.49. The van der Waals surface area contributed by atoms with Crippen LogP contribution in [0, 0.1) is 13.8 Å². The molecule has 0 aromatic carbocycles. The topological polar surface area (TPSA) is 74.7 Å². The molecule has 0 saturated carbocycles. The second-order valence-electron chi connectivity index (χ2n) is 5.45. The van der Waals surface area contributed by atoms with E-state index in [1.807, 2.05) is 25.6 Å². The predicted molar refractivity (Wildman–Crippen MR) is 77.7 cm³/mol. The van der Waals surface area contributed by atoms with Crippen LogP contribution in [0.4, 0.5) is 5.95 Å². The van der Waals surface area contributed by atoms with E-state index in [2.05, 4.69) is 37.4 Å². The third kappa shape index (κ3) is 2.18. The third-order valence-corrected chi connectivity index (χ3v) is 3.87. The van der Waals surface area contributed by atoms with Gasteiger partial charge in [-0.05, 0) is 20.8 Å². The maximum atomic E-state index is 4.65. The highest BCUT2D eigenvalue weighted by Gasteiger charge is 2.21. The maximum Gasteiger partial charge on any atom is 0.245 e. The predicted octanol–water partition coefficient (Wildman–Crippen LogP) is 0.620. The van der Waals surface area contributed by atoms with Gasteiger partial charge in [-0.2, -0.15) is 10.1 Å². The van der Waals surface area contributed by atoms with Crippen LogP contribution in [0.5, 0.6) is 0 Å². The van der Waals surface area contributed by atoms with E-state index in [-0.39, 0.29) is 0 Å². The number of hydrogen-bond acceptors (Lipinski definition) is 5. The number of nitrogens with one attached hydrogen (secondary N) is 2. The molecule has 2 aromatic heterocycles. The fourth-order valence-corrected chi connectivity index (χ4v) is 2.74. The summed E-state index contributed by atoms with van der Waals surface area (Å²) < 4.78 is 1.87. The normalized spacial score (nSPS) is 19.6. The largest absolute Gasteiger partial charge is 0.337 e. The van der Waals surface area contributed by atoms with Crippen LogP contribution in [0.15, 0.2) is 0 Å². The smallest absolute Gasteiger partial charge is 0.245 e. The zero-order chi connectivity index (χ0) is 14.3. The second kappa shape index (κ2) is 4.90. The summed E-state index contributed by atoms with van der Waals surface area (Å²) in [6.45, 7) is 9.06. The summed E-state index contributed by atoms with van der Waals surface area (Å²) in [6, 6.07) is 0.465. The van der Waals surface area contributed by atoms with Gasteiger partial charge in [-0.3, -0.25) is 9.78 Å². The Morgan fingerprint density at radius 2 is 2.10 bits per heavy atom. The van der Waals surface area contributed by atoms with Gasteiger partial charge in [0.2, 0.25) is 5.95 Å². The monoisotopic (exact) mass is 275 g/mol. The molecule has 20 heavy (non-hydrogen) atoms. The van der Waals surface area contributed by atoms with Gasteiger partial charge >= 0.3 is 0 Å². The third-order valence-electron chi connectivity index (χ3n) is 3.87. The van der Waals surface area contributed by atoms with Gasteiger partial charge < -0.3 is 10.2 Å². The number of aromatic amines is 1. The van der Waals surface area contributed by atoms with Crippen LogP contribution in [0.2, 0.25) is 0 Å². The number of hydrogen-bond donors (Lipinski definition) is 2. The molecule has 3 rings (SSSR count). The van der Waals surface area contributed by atoms with E-state index in [1.165, 1.54) is 0 Å². The molecule has 7 nitrogen and oxygen atoms in total. The Morgan fingerprint density at radius 3 is 2.75 bits per heavy atom. The molecule has 0 unspecified atom stereocenters. The van der Waals surface area contributed by atoms with Crippen LogP contribution in [-0.4, -0.2) is 50.6 Å². The van der Waals surface area contributed by atoms with E-state index in [9.17, 15) is 0 Å². The molecule has 2 N–H and O–H groups in total. The summed E-state index contributed by atoms with van der Waals surface area (Å²) in [5, 5.41) is 15.3. The van der Waals surface area contributed by atoms with E-state index in [4.69, 9.17) is 0 Å². The number of nitrogens with zero attached hydrogens (tertiary/aromatic N) is 5. The van der Waals surface area contributed by atoms with Crippen molar-refractivity contribution in [3.8, 4) is 11.4 Å². The highest BCUT2D eigenvalue weighted by molar-refractivity contribution is 5.62. The van der Waals surface area contributed by atoms with Gasteiger partial charge in [-0.15, -0.1) is 5.10 Å². The number of anilines is 1. The Kier molecular flexibility index (Phi) is 3.21. The van der Waals surface area contributed by atoms with E-state index < -0.39 is 0 Å². The van der Waals surface area contributed by atoms with E-state index in [1.54, 1.807) is 0 Å². The molecule has 0 aliphatic carbocycles. The molecule has 2 aromatic rings. The van der Waals surface area contributed by atoms with Gasteiger partial charge in [0, 0.05) is 38.4 Å². The maximum absolute atomic E-state index is 4.65. The number of piperazine rings is 1. The molecule has 0 bridgehead atoms. The average Bonchev–Trinajstić information content (AvgIpc) is 2.96. The Morgan fingerprint density at radius 1 is 1.30 bits per heavy atom. The van der Waals surface area contributed by atoms with Crippen molar-refractivity contribution in [1.29, 1.82) is 0 Å². The summed E-state index contributed by atoms with van der Waals surface area (Å²) in [5.41, 5.74) is 3.12. The van der Waals surface area contributed by atoms with Crippen LogP contribution in [-0.2, 0) is 7.05 Å². The summed E-state index contributed by atoms with van der Waals surface area (Å²) in [6.07, 6.45) is 0. The molecule has 108 valence electrons. The average molecular weight is 275 g/mol. The highest BCUT2D eigenvalue weighted by Crippen LogP contribution is 2.24. The molecule has 1 aliphatic heterocycles. The summed E-state index contributed by atoms with van der Waals surface area (Å²) in [7, 11) is 1.95. The van der Waals surface area contributed by atoms with Crippen molar-refractivity contribution in [1.82, 2.24) is 30.3 Å². The molecule has 1 aliphatic rings. The first kappa shape index (κ1) is 13.1. The van der Waals surface area contributed by atoms with Crippen molar-refractivity contribution >= 4 is 5.95 Å². The Bertz CT molecular complexity index is 612. The first-order chi connectivity index (χ1) is 9.56. The number of aryl methyl sites for hydroxylation is 2. The van der Waals surface area contributed by atoms with E-state index in [0.717, 1.165) is 48.4 Å². The van der Waals surface area contributed by atoms with Crippen LogP contribution in [0.1, 0.15) is 18.3 Å². The van der Waals surface area contributed by atoms with E-state index in [0.29, 0.717) is 6.04 Å². The minimum Gasteiger partial charge on any atom is -0.337 e. The molecule has 0 spiro atoms. The van der Waals surface area contributed by atoms with Crippen molar-refractivity contribution in [3.05, 3.63) is 11.4 Å². The number of aromatic nitrogens is 5. The Labute approximate surface area is 118 Å². The fraction of sp³-hybridized carbons (Fsp3) is 0.615. The SMILES string of the molecule is Cc1nn(C)c(C)c1-c1nc(N2CCN[C@H](C)C2)n[nH]1. The second-order valence-corrected chi connectivity index (χ2v) is 5.45. The lowest BCUT2D eigenvalue weighted by Gasteiger charge is -2.30. The van der Waals surface area contributed by atoms with Crippen LogP contribution in [0.25, 0.3) is 11.4 Å². The first-order valence-electron chi connectivity index (χ1n) is 6.97. The summed E-state index contributed by atoms with van der Waals surface area (Å²) in [4.78, 5) is 6.86. The van der Waals surface area contributed by atoms with Crippen molar-refractivity contribution in [2.75, 3.05) is 24.5 Å². The number of H-pyrrole nitrogens is 1. The molecule has 3 heterocycles. The van der Waals surface area contributed by atoms with Crippen LogP contribution >= 0.6 is 0 Å². The molecular weight excluding hydrogens is 254 g/mol. The molecule has 7 heteroatoms. The lowest BCUT2D eigenvalue weighted by molar-refractivity contribution is 0.480. The molecule has 0 amide bonds. The zero-order valence-electron chi connectivity index (χ0n) is 12.4. The zero-order valence-corrected chi connectivity index (χ0v) is 12.4. The molecule has 1 saturated heterocycles. The van der Waals surface area contributed by atoms with Crippen LogP contribution in [0.3, 0.4) is 0 Å². The molecular formula is C13H21N7. The van der Waals surface area contributed by atoms with Crippen molar-refractivity contribution in [2.45, 2.75) is 26.8 Å². The standard InChI is InChI=1S/C13H21N7/c1-8-7-20(6-5-14-8)13-15-12(16-17-13)11-9(2)18-19(4)10(11)3/h8,14H,5-7H2,1-4H3,(H,15,16,17)/t8-/m1/s1. The molecule has 1 fully saturated rings. The lowest BCUT2D eigenvalue weighted by atomic mass is 10.2. The fourth-order valence-electron chi connectivity index (χ4n) is 2.74. The Hall–Kier alpha value is -1.89. The van der Waals surface area contributed by atoms with Gasteiger partial charge in [0.05, 0.1) is 11.3 Å². The van der Waals surface area contributed by atoms with Gasteiger partial charge in [-0.1, -0.05) is 0 Å². The minimum absolute atomic E-state index is 0.465. The first-order valence-corrected chi connectivity index (χ1v) is 6.97. The van der Waals surface area contributed by atoms with Crippen molar-refractivity contribution in [2.24, 2.45) is 7.05 Å². The minimum atomic E-state index is 0.465. The van der Waals surface area contributed by atoms with Crippen molar-refractivity contribution in [3.63, 3.8) is 0 Å². The molecule has 1 atom stereocenters. The summed E-state index contributed by atoms with van der Waals surface area (Å²) in [5.74, 6) is 1.57. The number of rotatable bonds is 2. The highest BCUT2D eigenvalue weighted by atomic mass is 15.4. The van der Waals surface area contributed by atoms with Gasteiger partial charge in [0.15, 0.2) is 5.82 Å². The van der Waals surface area contributed by atoms with Gasteiger partial charge in [-0.25, -0.2) is 0 Å². The quantitative estimate of drug-likeness (QED) is 0.840. The molecule has 0 radical (unpaired) electrons. The van der Waals surface area contributed by atoms with Crippen molar-refractivity contribution < 1.29 is 0 Å².